The molecule has 0 aromatic carbocycles. The largest absolute Gasteiger partial charge is 0.464 e. The van der Waals surface area contributed by atoms with Gasteiger partial charge in [0.1, 0.15) is 6.04 Å². The van der Waals surface area contributed by atoms with E-state index in [4.69, 9.17) is 4.74 Å². The molecule has 1 heterocycles. The summed E-state index contributed by atoms with van der Waals surface area (Å²) in [6.45, 7) is 10.8. The number of rotatable bonds is 6. The molecule has 0 N–H and O–H groups in total. The SMILES string of the molecule is CCOC(=O)[C@@H]1CN(C(=O)[C@@H](C)CC)CCN1C(=O)[C@@H](C)CC. The van der Waals surface area contributed by atoms with Crippen LogP contribution in [0.3, 0.4) is 0 Å². The van der Waals surface area contributed by atoms with Crippen molar-refractivity contribution >= 4 is 17.8 Å². The van der Waals surface area contributed by atoms with E-state index < -0.39 is 12.0 Å². The molecule has 3 atom stereocenters. The molecule has 1 aliphatic rings. The number of piperazine rings is 1. The number of carbonyl (C=O) groups is 3. The highest BCUT2D eigenvalue weighted by atomic mass is 16.5. The normalized spacial score (nSPS) is 20.8. The van der Waals surface area contributed by atoms with Crippen LogP contribution in [0.15, 0.2) is 0 Å². The lowest BCUT2D eigenvalue weighted by Gasteiger charge is -2.41. The van der Waals surface area contributed by atoms with Gasteiger partial charge in [-0.25, -0.2) is 4.79 Å². The van der Waals surface area contributed by atoms with Crippen molar-refractivity contribution in [1.82, 2.24) is 9.80 Å². The summed E-state index contributed by atoms with van der Waals surface area (Å²) in [5.41, 5.74) is 0. The van der Waals surface area contributed by atoms with Crippen molar-refractivity contribution in [2.75, 3.05) is 26.2 Å². The minimum atomic E-state index is -0.696. The fourth-order valence-electron chi connectivity index (χ4n) is 2.63. The Bertz CT molecular complexity index is 438. The second-order valence-electron chi connectivity index (χ2n) is 6.20. The summed E-state index contributed by atoms with van der Waals surface area (Å²) in [6, 6.07) is -0.696. The first kappa shape index (κ1) is 19.5. The minimum absolute atomic E-state index is 0.0393. The molecule has 1 rings (SSSR count). The smallest absolute Gasteiger partial charge is 0.330 e. The Morgan fingerprint density at radius 3 is 2.09 bits per heavy atom. The molecule has 0 bridgehead atoms. The minimum Gasteiger partial charge on any atom is -0.464 e. The Hall–Kier alpha value is -1.59. The van der Waals surface area contributed by atoms with Crippen LogP contribution in [-0.4, -0.2) is 59.9 Å². The summed E-state index contributed by atoms with van der Waals surface area (Å²) in [4.78, 5) is 40.5. The Morgan fingerprint density at radius 1 is 1.00 bits per heavy atom. The fraction of sp³-hybridized carbons (Fsp3) is 0.824. The summed E-state index contributed by atoms with van der Waals surface area (Å²) in [6.07, 6.45) is 1.48. The second-order valence-corrected chi connectivity index (χ2v) is 6.20. The predicted octanol–water partition coefficient (Wildman–Crippen LogP) is 1.68. The lowest BCUT2D eigenvalue weighted by molar-refractivity contribution is -0.162. The monoisotopic (exact) mass is 326 g/mol. The van der Waals surface area contributed by atoms with Crippen LogP contribution in [0.5, 0.6) is 0 Å². The van der Waals surface area contributed by atoms with E-state index in [1.807, 2.05) is 27.7 Å². The average Bonchev–Trinajstić information content (AvgIpc) is 2.58. The third kappa shape index (κ3) is 4.69. The van der Waals surface area contributed by atoms with Gasteiger partial charge in [-0.2, -0.15) is 0 Å². The molecule has 23 heavy (non-hydrogen) atoms. The van der Waals surface area contributed by atoms with Gasteiger partial charge in [0, 0.05) is 24.9 Å². The fourth-order valence-corrected chi connectivity index (χ4v) is 2.63. The molecular formula is C17H30N2O4. The maximum Gasteiger partial charge on any atom is 0.330 e. The average molecular weight is 326 g/mol. The Balaban J connectivity index is 2.92. The first-order chi connectivity index (χ1) is 10.9. The zero-order chi connectivity index (χ0) is 17.6. The molecule has 0 aromatic rings. The van der Waals surface area contributed by atoms with Crippen LogP contribution in [0, 0.1) is 11.8 Å². The van der Waals surface area contributed by atoms with Gasteiger partial charge < -0.3 is 14.5 Å². The highest BCUT2D eigenvalue weighted by Crippen LogP contribution is 2.19. The van der Waals surface area contributed by atoms with Gasteiger partial charge in [0.15, 0.2) is 0 Å². The number of hydrogen-bond donors (Lipinski definition) is 0. The van der Waals surface area contributed by atoms with Gasteiger partial charge in [-0.05, 0) is 19.8 Å². The van der Waals surface area contributed by atoms with E-state index in [9.17, 15) is 14.4 Å². The number of carbonyl (C=O) groups excluding carboxylic acids is 3. The molecule has 1 fully saturated rings. The molecule has 0 saturated carbocycles. The summed E-state index contributed by atoms with van der Waals surface area (Å²) in [7, 11) is 0. The maximum absolute atomic E-state index is 12.5. The lowest BCUT2D eigenvalue weighted by Crippen LogP contribution is -2.61. The van der Waals surface area contributed by atoms with Crippen molar-refractivity contribution in [1.29, 1.82) is 0 Å². The van der Waals surface area contributed by atoms with Crippen LogP contribution < -0.4 is 0 Å². The molecular weight excluding hydrogens is 296 g/mol. The summed E-state index contributed by atoms with van der Waals surface area (Å²) in [5.74, 6) is -0.636. The zero-order valence-corrected chi connectivity index (χ0v) is 15.0. The van der Waals surface area contributed by atoms with Crippen LogP contribution in [0.4, 0.5) is 0 Å². The van der Waals surface area contributed by atoms with Crippen molar-refractivity contribution in [3.05, 3.63) is 0 Å². The van der Waals surface area contributed by atoms with Crippen molar-refractivity contribution in [3.63, 3.8) is 0 Å². The van der Waals surface area contributed by atoms with Gasteiger partial charge in [-0.15, -0.1) is 0 Å². The van der Waals surface area contributed by atoms with Gasteiger partial charge >= 0.3 is 5.97 Å². The maximum atomic E-state index is 12.5. The molecule has 1 aliphatic heterocycles. The number of hydrogen-bond acceptors (Lipinski definition) is 4. The molecule has 0 aromatic heterocycles. The van der Waals surface area contributed by atoms with Gasteiger partial charge in [0.25, 0.3) is 0 Å². The molecule has 1 saturated heterocycles. The Labute approximate surface area is 139 Å². The van der Waals surface area contributed by atoms with Crippen LogP contribution in [0.25, 0.3) is 0 Å². The molecule has 0 spiro atoms. The highest BCUT2D eigenvalue weighted by molar-refractivity contribution is 5.87. The zero-order valence-electron chi connectivity index (χ0n) is 15.0. The van der Waals surface area contributed by atoms with E-state index in [0.29, 0.717) is 13.1 Å². The molecule has 6 heteroatoms. The number of amides is 2. The molecule has 2 amide bonds. The van der Waals surface area contributed by atoms with E-state index in [0.717, 1.165) is 12.8 Å². The molecule has 0 aliphatic carbocycles. The summed E-state index contributed by atoms with van der Waals surface area (Å²) >= 11 is 0. The van der Waals surface area contributed by atoms with E-state index in [-0.39, 0.29) is 36.8 Å². The molecule has 6 nitrogen and oxygen atoms in total. The van der Waals surface area contributed by atoms with Crippen molar-refractivity contribution in [2.24, 2.45) is 11.8 Å². The van der Waals surface area contributed by atoms with Gasteiger partial charge in [-0.1, -0.05) is 27.7 Å². The Kier molecular flexibility index (Phi) is 7.52. The van der Waals surface area contributed by atoms with Crippen LogP contribution >= 0.6 is 0 Å². The number of ether oxygens (including phenoxy) is 1. The molecule has 132 valence electrons. The van der Waals surface area contributed by atoms with Gasteiger partial charge in [-0.3, -0.25) is 9.59 Å². The molecule has 0 unspecified atom stereocenters. The van der Waals surface area contributed by atoms with Crippen LogP contribution in [0.2, 0.25) is 0 Å². The van der Waals surface area contributed by atoms with Crippen molar-refractivity contribution in [2.45, 2.75) is 53.5 Å². The number of nitrogens with zero attached hydrogens (tertiary/aromatic N) is 2. The number of esters is 1. The van der Waals surface area contributed by atoms with Crippen LogP contribution in [-0.2, 0) is 19.1 Å². The van der Waals surface area contributed by atoms with E-state index in [1.165, 1.54) is 0 Å². The van der Waals surface area contributed by atoms with Crippen molar-refractivity contribution < 1.29 is 19.1 Å². The second kappa shape index (κ2) is 8.89. The van der Waals surface area contributed by atoms with Gasteiger partial charge in [0.2, 0.25) is 11.8 Å². The van der Waals surface area contributed by atoms with Crippen LogP contribution in [0.1, 0.15) is 47.5 Å². The quantitative estimate of drug-likeness (QED) is 0.697. The topological polar surface area (TPSA) is 66.9 Å². The highest BCUT2D eigenvalue weighted by Gasteiger charge is 2.39. The Morgan fingerprint density at radius 2 is 1.57 bits per heavy atom. The summed E-state index contributed by atoms with van der Waals surface area (Å²) < 4.78 is 5.12. The van der Waals surface area contributed by atoms with E-state index >= 15 is 0 Å². The molecule has 0 radical (unpaired) electrons. The predicted molar refractivity (Wildman–Crippen MR) is 87.6 cm³/mol. The van der Waals surface area contributed by atoms with Crippen molar-refractivity contribution in [3.8, 4) is 0 Å². The van der Waals surface area contributed by atoms with E-state index in [2.05, 4.69) is 0 Å². The lowest BCUT2D eigenvalue weighted by atomic mass is 10.0. The standard InChI is InChI=1S/C17H30N2O4/c1-6-12(4)15(20)18-9-10-19(16(21)13(5)7-2)14(11-18)17(22)23-8-3/h12-14H,6-11H2,1-5H3/t12-,13-,14-/m0/s1. The van der Waals surface area contributed by atoms with E-state index in [1.54, 1.807) is 16.7 Å². The third-order valence-electron chi connectivity index (χ3n) is 4.60. The summed E-state index contributed by atoms with van der Waals surface area (Å²) in [5, 5.41) is 0. The first-order valence-electron chi connectivity index (χ1n) is 8.63. The first-order valence-corrected chi connectivity index (χ1v) is 8.63. The van der Waals surface area contributed by atoms with Gasteiger partial charge in [0.05, 0.1) is 13.2 Å². The third-order valence-corrected chi connectivity index (χ3v) is 4.60.